The summed E-state index contributed by atoms with van der Waals surface area (Å²) in [6, 6.07) is 2.09. The highest BCUT2D eigenvalue weighted by molar-refractivity contribution is 9.10. The van der Waals surface area contributed by atoms with Crippen LogP contribution >= 0.6 is 27.7 Å². The minimum Gasteiger partial charge on any atom is -0.369 e. The quantitative estimate of drug-likeness (QED) is 0.768. The molecule has 0 aliphatic heterocycles. The summed E-state index contributed by atoms with van der Waals surface area (Å²) in [5.74, 6) is 2.22. The molecule has 0 aromatic carbocycles. The predicted octanol–water partition coefficient (Wildman–Crippen LogP) is 4.10. The van der Waals surface area contributed by atoms with Crippen molar-refractivity contribution >= 4 is 33.5 Å². The van der Waals surface area contributed by atoms with Crippen molar-refractivity contribution in [1.29, 1.82) is 0 Å². The minimum absolute atomic E-state index is 0.954. The van der Waals surface area contributed by atoms with E-state index in [1.807, 2.05) is 24.9 Å². The number of pyridine rings is 1. The van der Waals surface area contributed by atoms with Gasteiger partial charge in [0.25, 0.3) is 0 Å². The first-order chi connectivity index (χ1) is 7.74. The second-order valence-corrected chi connectivity index (χ2v) is 5.66. The minimum atomic E-state index is 0.954. The summed E-state index contributed by atoms with van der Waals surface area (Å²) in [6.07, 6.45) is 7.86. The molecule has 0 fully saturated rings. The van der Waals surface area contributed by atoms with Crippen LogP contribution in [0.15, 0.2) is 16.7 Å². The van der Waals surface area contributed by atoms with Crippen LogP contribution in [0, 0.1) is 6.92 Å². The molecule has 1 N–H and O–H groups in total. The van der Waals surface area contributed by atoms with E-state index in [4.69, 9.17) is 0 Å². The normalized spacial score (nSPS) is 10.4. The molecule has 16 heavy (non-hydrogen) atoms. The summed E-state index contributed by atoms with van der Waals surface area (Å²) in [4.78, 5) is 4.35. The van der Waals surface area contributed by atoms with Gasteiger partial charge in [-0.2, -0.15) is 11.8 Å². The third kappa shape index (κ3) is 5.21. The number of halogens is 1. The van der Waals surface area contributed by atoms with Crippen molar-refractivity contribution in [2.24, 2.45) is 0 Å². The van der Waals surface area contributed by atoms with Crippen LogP contribution in [-0.4, -0.2) is 23.5 Å². The van der Waals surface area contributed by atoms with Crippen LogP contribution < -0.4 is 5.32 Å². The number of anilines is 1. The summed E-state index contributed by atoms with van der Waals surface area (Å²) in [5, 5.41) is 3.35. The van der Waals surface area contributed by atoms with Crippen molar-refractivity contribution in [3.05, 3.63) is 22.3 Å². The van der Waals surface area contributed by atoms with E-state index < -0.39 is 0 Å². The van der Waals surface area contributed by atoms with Crippen LogP contribution in [0.3, 0.4) is 0 Å². The zero-order valence-electron chi connectivity index (χ0n) is 9.92. The third-order valence-corrected chi connectivity index (χ3v) is 3.60. The Balaban J connectivity index is 2.21. The maximum Gasteiger partial charge on any atom is 0.140 e. The molecule has 0 bridgehead atoms. The van der Waals surface area contributed by atoms with Gasteiger partial charge in [0, 0.05) is 12.7 Å². The van der Waals surface area contributed by atoms with Gasteiger partial charge in [0.2, 0.25) is 0 Å². The number of aromatic nitrogens is 1. The molecule has 2 nitrogen and oxygen atoms in total. The van der Waals surface area contributed by atoms with Gasteiger partial charge in [0.1, 0.15) is 5.82 Å². The fourth-order valence-electron chi connectivity index (χ4n) is 1.42. The average Bonchev–Trinajstić information content (AvgIpc) is 2.26. The Morgan fingerprint density at radius 1 is 1.38 bits per heavy atom. The van der Waals surface area contributed by atoms with Crippen molar-refractivity contribution in [2.75, 3.05) is 23.9 Å². The van der Waals surface area contributed by atoms with E-state index in [0.717, 1.165) is 16.8 Å². The molecule has 0 aliphatic rings. The molecule has 0 spiro atoms. The SMILES string of the molecule is CSCCCCCNc1ncc(C)cc1Br. The predicted molar refractivity (Wildman–Crippen MR) is 77.4 cm³/mol. The molecule has 4 heteroatoms. The first-order valence-corrected chi connectivity index (χ1v) is 7.77. The lowest BCUT2D eigenvalue weighted by Crippen LogP contribution is -2.04. The molecule has 0 unspecified atom stereocenters. The van der Waals surface area contributed by atoms with E-state index in [1.165, 1.54) is 30.6 Å². The molecule has 0 saturated heterocycles. The van der Waals surface area contributed by atoms with Gasteiger partial charge in [0.05, 0.1) is 4.47 Å². The van der Waals surface area contributed by atoms with E-state index >= 15 is 0 Å². The first-order valence-electron chi connectivity index (χ1n) is 5.59. The third-order valence-electron chi connectivity index (χ3n) is 2.30. The van der Waals surface area contributed by atoms with Gasteiger partial charge in [-0.15, -0.1) is 0 Å². The average molecular weight is 303 g/mol. The van der Waals surface area contributed by atoms with Crippen molar-refractivity contribution < 1.29 is 0 Å². The smallest absolute Gasteiger partial charge is 0.140 e. The molecule has 0 amide bonds. The molecular weight excluding hydrogens is 284 g/mol. The van der Waals surface area contributed by atoms with Gasteiger partial charge < -0.3 is 5.32 Å². The Bertz CT molecular complexity index is 318. The molecule has 0 aliphatic carbocycles. The second kappa shape index (κ2) is 7.96. The fourth-order valence-corrected chi connectivity index (χ4v) is 2.52. The Hall–Kier alpha value is -0.220. The molecule has 0 radical (unpaired) electrons. The van der Waals surface area contributed by atoms with E-state index in [9.17, 15) is 0 Å². The summed E-state index contributed by atoms with van der Waals surface area (Å²) in [6.45, 7) is 3.05. The highest BCUT2D eigenvalue weighted by atomic mass is 79.9. The lowest BCUT2D eigenvalue weighted by atomic mass is 10.2. The maximum atomic E-state index is 4.35. The largest absolute Gasteiger partial charge is 0.369 e. The molecule has 1 rings (SSSR count). The van der Waals surface area contributed by atoms with E-state index in [2.05, 4.69) is 38.6 Å². The van der Waals surface area contributed by atoms with Gasteiger partial charge in [-0.1, -0.05) is 6.42 Å². The summed E-state index contributed by atoms with van der Waals surface area (Å²) in [7, 11) is 0. The van der Waals surface area contributed by atoms with E-state index in [-0.39, 0.29) is 0 Å². The standard InChI is InChI=1S/C12H19BrN2S/c1-10-8-11(13)12(15-9-10)14-6-4-3-5-7-16-2/h8-9H,3-7H2,1-2H3,(H,14,15). The van der Waals surface area contributed by atoms with Crippen LogP contribution in [-0.2, 0) is 0 Å². The first kappa shape index (κ1) is 13.8. The number of nitrogens with one attached hydrogen (secondary N) is 1. The molecular formula is C12H19BrN2S. The van der Waals surface area contributed by atoms with Crippen molar-refractivity contribution in [3.8, 4) is 0 Å². The molecule has 1 aromatic heterocycles. The summed E-state index contributed by atoms with van der Waals surface area (Å²) in [5.41, 5.74) is 1.18. The number of nitrogens with zero attached hydrogens (tertiary/aromatic N) is 1. The van der Waals surface area contributed by atoms with Crippen molar-refractivity contribution in [1.82, 2.24) is 4.98 Å². The Labute approximate surface area is 111 Å². The van der Waals surface area contributed by atoms with Crippen LogP contribution in [0.25, 0.3) is 0 Å². The molecule has 0 atom stereocenters. The van der Waals surface area contributed by atoms with Crippen molar-refractivity contribution in [2.45, 2.75) is 26.2 Å². The number of hydrogen-bond acceptors (Lipinski definition) is 3. The number of rotatable bonds is 7. The second-order valence-electron chi connectivity index (χ2n) is 3.82. The van der Waals surface area contributed by atoms with Gasteiger partial charge in [0.15, 0.2) is 0 Å². The Kier molecular flexibility index (Phi) is 6.88. The van der Waals surface area contributed by atoms with Gasteiger partial charge in [-0.05, 0) is 59.3 Å². The lowest BCUT2D eigenvalue weighted by Gasteiger charge is -2.07. The van der Waals surface area contributed by atoms with Gasteiger partial charge in [-0.25, -0.2) is 4.98 Å². The van der Waals surface area contributed by atoms with E-state index in [1.54, 1.807) is 0 Å². The van der Waals surface area contributed by atoms with Gasteiger partial charge >= 0.3 is 0 Å². The van der Waals surface area contributed by atoms with E-state index in [0.29, 0.717) is 0 Å². The Morgan fingerprint density at radius 2 is 2.19 bits per heavy atom. The number of aryl methyl sites for hydroxylation is 1. The maximum absolute atomic E-state index is 4.35. The monoisotopic (exact) mass is 302 g/mol. The highest BCUT2D eigenvalue weighted by Crippen LogP contribution is 2.20. The molecule has 90 valence electrons. The zero-order valence-corrected chi connectivity index (χ0v) is 12.3. The van der Waals surface area contributed by atoms with Crippen LogP contribution in [0.5, 0.6) is 0 Å². The van der Waals surface area contributed by atoms with Crippen LogP contribution in [0.1, 0.15) is 24.8 Å². The van der Waals surface area contributed by atoms with Crippen LogP contribution in [0.2, 0.25) is 0 Å². The van der Waals surface area contributed by atoms with Crippen LogP contribution in [0.4, 0.5) is 5.82 Å². The highest BCUT2D eigenvalue weighted by Gasteiger charge is 2.00. The fraction of sp³-hybridized carbons (Fsp3) is 0.583. The topological polar surface area (TPSA) is 24.9 Å². The number of thioether (sulfide) groups is 1. The number of hydrogen-bond donors (Lipinski definition) is 1. The molecule has 1 aromatic rings. The Morgan fingerprint density at radius 3 is 2.88 bits per heavy atom. The van der Waals surface area contributed by atoms with Crippen molar-refractivity contribution in [3.63, 3.8) is 0 Å². The number of unbranched alkanes of at least 4 members (excludes halogenated alkanes) is 2. The van der Waals surface area contributed by atoms with Gasteiger partial charge in [-0.3, -0.25) is 0 Å². The lowest BCUT2D eigenvalue weighted by molar-refractivity contribution is 0.748. The zero-order chi connectivity index (χ0) is 11.8. The molecule has 1 heterocycles. The summed E-state index contributed by atoms with van der Waals surface area (Å²) < 4.78 is 1.05. The molecule has 0 saturated carbocycles. The summed E-state index contributed by atoms with van der Waals surface area (Å²) >= 11 is 5.43.